The Hall–Kier alpha value is -3.43. The van der Waals surface area contributed by atoms with E-state index in [0.717, 1.165) is 22.7 Å². The van der Waals surface area contributed by atoms with E-state index in [1.54, 1.807) is 20.8 Å². The molecule has 0 spiro atoms. The molecule has 0 bridgehead atoms. The Kier molecular flexibility index (Phi) is 5.75. The van der Waals surface area contributed by atoms with E-state index in [4.69, 9.17) is 14.7 Å². The van der Waals surface area contributed by atoms with Gasteiger partial charge in [0.1, 0.15) is 11.7 Å². The molecule has 164 valence electrons. The third kappa shape index (κ3) is 4.52. The SMILES string of the molecule is CC(C)(C)OC(=O)[C@](C)(O)[C@H]1OCCN(c2nn(-c3cnnc(C#N)c3)cc2F)C1=O. The quantitative estimate of drug-likeness (QED) is 0.683. The van der Waals surface area contributed by atoms with Crippen molar-refractivity contribution in [2.75, 3.05) is 18.1 Å². The fraction of sp³-hybridized carbons (Fsp3) is 0.474. The van der Waals surface area contributed by atoms with E-state index in [1.807, 2.05) is 6.07 Å². The first-order valence-electron chi connectivity index (χ1n) is 9.31. The first-order chi connectivity index (χ1) is 14.4. The number of esters is 1. The minimum absolute atomic E-state index is 0.00544. The summed E-state index contributed by atoms with van der Waals surface area (Å²) < 4.78 is 26.3. The van der Waals surface area contributed by atoms with Gasteiger partial charge in [-0.05, 0) is 27.7 Å². The number of nitrogens with zero attached hydrogens (tertiary/aromatic N) is 6. The van der Waals surface area contributed by atoms with Crippen LogP contribution in [0.4, 0.5) is 10.2 Å². The monoisotopic (exact) mass is 432 g/mol. The highest BCUT2D eigenvalue weighted by atomic mass is 19.1. The maximum Gasteiger partial charge on any atom is 0.341 e. The Labute approximate surface area is 177 Å². The van der Waals surface area contributed by atoms with Crippen molar-refractivity contribution in [1.82, 2.24) is 20.0 Å². The summed E-state index contributed by atoms with van der Waals surface area (Å²) in [6.45, 7) is 5.83. The predicted molar refractivity (Wildman–Crippen MR) is 102 cm³/mol. The van der Waals surface area contributed by atoms with Gasteiger partial charge in [0.15, 0.2) is 29.0 Å². The van der Waals surface area contributed by atoms with Crippen molar-refractivity contribution in [3.63, 3.8) is 0 Å². The van der Waals surface area contributed by atoms with Gasteiger partial charge < -0.3 is 14.6 Å². The van der Waals surface area contributed by atoms with E-state index in [0.29, 0.717) is 0 Å². The van der Waals surface area contributed by atoms with E-state index in [2.05, 4.69) is 15.3 Å². The highest BCUT2D eigenvalue weighted by Crippen LogP contribution is 2.28. The van der Waals surface area contributed by atoms with Crippen molar-refractivity contribution in [3.05, 3.63) is 30.0 Å². The van der Waals surface area contributed by atoms with Crippen LogP contribution < -0.4 is 4.90 Å². The van der Waals surface area contributed by atoms with Crippen molar-refractivity contribution in [3.8, 4) is 11.8 Å². The summed E-state index contributed by atoms with van der Waals surface area (Å²) in [5.74, 6) is -3.05. The van der Waals surface area contributed by atoms with E-state index < -0.39 is 35.0 Å². The van der Waals surface area contributed by atoms with Crippen molar-refractivity contribution in [1.29, 1.82) is 5.26 Å². The van der Waals surface area contributed by atoms with Crippen LogP contribution in [0, 0.1) is 17.1 Å². The molecule has 1 aliphatic rings. The summed E-state index contributed by atoms with van der Waals surface area (Å²) in [6, 6.07) is 3.16. The second kappa shape index (κ2) is 8.01. The maximum absolute atomic E-state index is 14.7. The van der Waals surface area contributed by atoms with Crippen LogP contribution in [0.1, 0.15) is 33.4 Å². The molecule has 1 saturated heterocycles. The second-order valence-corrected chi connectivity index (χ2v) is 8.05. The Morgan fingerprint density at radius 3 is 2.77 bits per heavy atom. The summed E-state index contributed by atoms with van der Waals surface area (Å²) in [4.78, 5) is 26.4. The predicted octanol–water partition coefficient (Wildman–Crippen LogP) is 0.498. The van der Waals surface area contributed by atoms with Gasteiger partial charge in [0.25, 0.3) is 5.91 Å². The van der Waals surface area contributed by atoms with Gasteiger partial charge in [0, 0.05) is 6.07 Å². The number of anilines is 1. The molecular weight excluding hydrogens is 411 g/mol. The zero-order valence-electron chi connectivity index (χ0n) is 17.4. The van der Waals surface area contributed by atoms with Crippen LogP contribution in [-0.4, -0.2) is 67.4 Å². The number of hydrogen-bond donors (Lipinski definition) is 1. The van der Waals surface area contributed by atoms with Crippen molar-refractivity contribution in [2.24, 2.45) is 0 Å². The van der Waals surface area contributed by atoms with Crippen LogP contribution in [0.25, 0.3) is 5.69 Å². The number of hydrogen-bond acceptors (Lipinski definition) is 9. The number of halogens is 1. The van der Waals surface area contributed by atoms with Crippen LogP contribution >= 0.6 is 0 Å². The summed E-state index contributed by atoms with van der Waals surface area (Å²) in [7, 11) is 0. The number of ether oxygens (including phenoxy) is 2. The smallest absolute Gasteiger partial charge is 0.341 e. The van der Waals surface area contributed by atoms with Gasteiger partial charge in [-0.3, -0.25) is 9.69 Å². The standard InChI is InChI=1S/C19H21FN6O5/c1-18(2,3)31-17(28)19(4,29)14-16(27)25(5-6-30-14)15-13(20)10-26(24-15)12-7-11(8-21)23-22-9-12/h7,9-10,14,29H,5-6H2,1-4H3/t14-,19+/m0/s1. The molecule has 1 amide bonds. The number of nitriles is 1. The van der Waals surface area contributed by atoms with Crippen molar-refractivity contribution < 1.29 is 28.6 Å². The summed E-state index contributed by atoms with van der Waals surface area (Å²) in [5, 5.41) is 31.0. The summed E-state index contributed by atoms with van der Waals surface area (Å²) in [5.41, 5.74) is -2.94. The molecule has 2 atom stereocenters. The minimum Gasteiger partial charge on any atom is -0.458 e. The van der Waals surface area contributed by atoms with Gasteiger partial charge in [0.05, 0.1) is 31.2 Å². The number of morpholine rings is 1. The first-order valence-corrected chi connectivity index (χ1v) is 9.31. The van der Waals surface area contributed by atoms with E-state index in [9.17, 15) is 19.1 Å². The van der Waals surface area contributed by atoms with Crippen molar-refractivity contribution >= 4 is 17.7 Å². The number of rotatable bonds is 4. The number of aliphatic hydroxyl groups is 1. The largest absolute Gasteiger partial charge is 0.458 e. The molecule has 2 aromatic heterocycles. The first kappa shape index (κ1) is 22.3. The Bertz CT molecular complexity index is 1050. The van der Waals surface area contributed by atoms with Crippen LogP contribution in [-0.2, 0) is 19.1 Å². The number of aromatic nitrogens is 4. The molecule has 0 aromatic carbocycles. The molecule has 0 aliphatic carbocycles. The molecule has 2 aromatic rings. The molecule has 12 heteroatoms. The van der Waals surface area contributed by atoms with E-state index >= 15 is 0 Å². The van der Waals surface area contributed by atoms with Crippen LogP contribution in [0.5, 0.6) is 0 Å². The van der Waals surface area contributed by atoms with Crippen LogP contribution in [0.3, 0.4) is 0 Å². The van der Waals surface area contributed by atoms with E-state index in [1.165, 1.54) is 12.3 Å². The van der Waals surface area contributed by atoms with Gasteiger partial charge in [-0.1, -0.05) is 0 Å². The molecule has 1 fully saturated rings. The topological polar surface area (TPSA) is 143 Å². The lowest BCUT2D eigenvalue weighted by Crippen LogP contribution is -2.61. The lowest BCUT2D eigenvalue weighted by atomic mass is 9.96. The highest BCUT2D eigenvalue weighted by Gasteiger charge is 2.51. The third-order valence-corrected chi connectivity index (χ3v) is 4.34. The summed E-state index contributed by atoms with van der Waals surface area (Å²) >= 11 is 0. The number of amides is 1. The fourth-order valence-electron chi connectivity index (χ4n) is 2.88. The summed E-state index contributed by atoms with van der Waals surface area (Å²) in [6.07, 6.45) is 0.666. The highest BCUT2D eigenvalue weighted by molar-refractivity contribution is 6.01. The third-order valence-electron chi connectivity index (χ3n) is 4.34. The normalized spacial score (nSPS) is 18.9. The molecule has 0 radical (unpaired) electrons. The van der Waals surface area contributed by atoms with Gasteiger partial charge in [-0.15, -0.1) is 10.2 Å². The average Bonchev–Trinajstić information content (AvgIpc) is 3.08. The molecular formula is C19H21FN6O5. The maximum atomic E-state index is 14.7. The Balaban J connectivity index is 1.89. The van der Waals surface area contributed by atoms with E-state index in [-0.39, 0.29) is 30.4 Å². The Morgan fingerprint density at radius 2 is 2.13 bits per heavy atom. The molecule has 1 aliphatic heterocycles. The van der Waals surface area contributed by atoms with Crippen LogP contribution in [0.2, 0.25) is 0 Å². The zero-order chi connectivity index (χ0) is 23.0. The second-order valence-electron chi connectivity index (χ2n) is 8.05. The number of carbonyl (C=O) groups excluding carboxylic acids is 2. The molecule has 0 unspecified atom stereocenters. The van der Waals surface area contributed by atoms with Gasteiger partial charge in [-0.25, -0.2) is 13.9 Å². The zero-order valence-corrected chi connectivity index (χ0v) is 17.4. The van der Waals surface area contributed by atoms with Gasteiger partial charge in [0.2, 0.25) is 0 Å². The van der Waals surface area contributed by atoms with Gasteiger partial charge >= 0.3 is 5.97 Å². The molecule has 1 N–H and O–H groups in total. The molecule has 31 heavy (non-hydrogen) atoms. The molecule has 0 saturated carbocycles. The average molecular weight is 432 g/mol. The molecule has 3 heterocycles. The molecule has 3 rings (SSSR count). The van der Waals surface area contributed by atoms with Gasteiger partial charge in [-0.2, -0.15) is 10.4 Å². The minimum atomic E-state index is -2.31. The van der Waals surface area contributed by atoms with Crippen LogP contribution in [0.15, 0.2) is 18.5 Å². The molecule has 11 nitrogen and oxygen atoms in total. The van der Waals surface area contributed by atoms with Crippen molar-refractivity contribution in [2.45, 2.75) is 45.0 Å². The Morgan fingerprint density at radius 1 is 1.42 bits per heavy atom. The lowest BCUT2D eigenvalue weighted by molar-refractivity contribution is -0.194. The number of carbonyl (C=O) groups is 2. The lowest BCUT2D eigenvalue weighted by Gasteiger charge is -2.38. The fourth-order valence-corrected chi connectivity index (χ4v) is 2.88.